The molecule has 0 N–H and O–H groups in total. The van der Waals surface area contributed by atoms with E-state index in [0.29, 0.717) is 18.0 Å². The van der Waals surface area contributed by atoms with Gasteiger partial charge in [-0.3, -0.25) is 0 Å². The number of hydrogen-bond donors (Lipinski definition) is 0. The number of nitrogens with zero attached hydrogens (tertiary/aromatic N) is 1. The van der Waals surface area contributed by atoms with Crippen molar-refractivity contribution in [2.45, 2.75) is 19.8 Å². The summed E-state index contributed by atoms with van der Waals surface area (Å²) < 4.78 is 11.2. The van der Waals surface area contributed by atoms with E-state index in [1.165, 1.54) is 7.11 Å². The van der Waals surface area contributed by atoms with E-state index in [-0.39, 0.29) is 5.76 Å². The van der Waals surface area contributed by atoms with E-state index in [1.54, 1.807) is 11.3 Å². The molecular formula is C12H12BrNO3S. The molecule has 0 amide bonds. The van der Waals surface area contributed by atoms with Gasteiger partial charge in [-0.05, 0) is 28.4 Å². The lowest BCUT2D eigenvalue weighted by molar-refractivity contribution is 0.0564. The third-order valence-corrected chi connectivity index (χ3v) is 3.87. The quantitative estimate of drug-likeness (QED) is 0.798. The van der Waals surface area contributed by atoms with Crippen molar-refractivity contribution in [1.82, 2.24) is 4.98 Å². The summed E-state index contributed by atoms with van der Waals surface area (Å²) in [6.07, 6.45) is 1.59. The van der Waals surface area contributed by atoms with Crippen molar-refractivity contribution in [2.24, 2.45) is 0 Å². The van der Waals surface area contributed by atoms with Crippen molar-refractivity contribution in [2.75, 3.05) is 7.11 Å². The molecule has 0 aliphatic rings. The number of aryl methyl sites for hydroxylation is 1. The first-order chi connectivity index (χ1) is 8.65. The van der Waals surface area contributed by atoms with Gasteiger partial charge in [-0.15, -0.1) is 11.3 Å². The first-order valence-electron chi connectivity index (χ1n) is 5.48. The smallest absolute Gasteiger partial charge is 0.376 e. The van der Waals surface area contributed by atoms with Crippen LogP contribution in [0.25, 0.3) is 11.5 Å². The van der Waals surface area contributed by atoms with E-state index in [1.807, 2.05) is 18.4 Å². The molecule has 0 spiro atoms. The summed E-state index contributed by atoms with van der Waals surface area (Å²) in [7, 11) is 1.33. The molecule has 0 radical (unpaired) electrons. The molecule has 0 atom stereocenters. The average molecular weight is 330 g/mol. The number of rotatable bonds is 4. The molecule has 2 aromatic heterocycles. The Morgan fingerprint density at radius 1 is 1.61 bits per heavy atom. The lowest BCUT2D eigenvalue weighted by atomic mass is 10.2. The van der Waals surface area contributed by atoms with Crippen molar-refractivity contribution < 1.29 is 13.9 Å². The van der Waals surface area contributed by atoms with Crippen LogP contribution < -0.4 is 0 Å². The van der Waals surface area contributed by atoms with Crippen LogP contribution in [0.2, 0.25) is 0 Å². The van der Waals surface area contributed by atoms with Crippen LogP contribution in [-0.4, -0.2) is 18.1 Å². The topological polar surface area (TPSA) is 52.3 Å². The predicted molar refractivity (Wildman–Crippen MR) is 72.9 cm³/mol. The minimum atomic E-state index is -0.480. The van der Waals surface area contributed by atoms with Crippen molar-refractivity contribution >= 4 is 33.2 Å². The van der Waals surface area contributed by atoms with Gasteiger partial charge in [0.1, 0.15) is 0 Å². The number of carbonyl (C=O) groups is 1. The van der Waals surface area contributed by atoms with E-state index in [2.05, 4.69) is 20.9 Å². The Bertz CT molecular complexity index is 561. The van der Waals surface area contributed by atoms with Crippen LogP contribution in [0, 0.1) is 0 Å². The molecule has 2 rings (SSSR count). The highest BCUT2D eigenvalue weighted by Crippen LogP contribution is 2.30. The van der Waals surface area contributed by atoms with Crippen LogP contribution in [0.15, 0.2) is 19.6 Å². The Morgan fingerprint density at radius 3 is 2.94 bits per heavy atom. The van der Waals surface area contributed by atoms with Gasteiger partial charge in [-0.2, -0.15) is 0 Å². The molecular weight excluding hydrogens is 318 g/mol. The fraction of sp³-hybridized carbons (Fsp3) is 0.333. The van der Waals surface area contributed by atoms with Crippen molar-refractivity contribution in [1.29, 1.82) is 0 Å². The first kappa shape index (κ1) is 13.3. The summed E-state index contributed by atoms with van der Waals surface area (Å²) in [6, 6.07) is 1.91. The summed E-state index contributed by atoms with van der Waals surface area (Å²) in [5, 5.41) is 1.92. The van der Waals surface area contributed by atoms with Crippen molar-refractivity contribution in [3.05, 3.63) is 26.7 Å². The molecule has 0 aliphatic carbocycles. The second-order valence-electron chi connectivity index (χ2n) is 3.68. The largest absolute Gasteiger partial charge is 0.463 e. The summed E-state index contributed by atoms with van der Waals surface area (Å²) in [4.78, 5) is 16.0. The zero-order valence-corrected chi connectivity index (χ0v) is 12.4. The molecule has 0 unspecified atom stereocenters. The highest BCUT2D eigenvalue weighted by molar-refractivity contribution is 9.11. The fourth-order valence-electron chi connectivity index (χ4n) is 1.56. The monoisotopic (exact) mass is 329 g/mol. The molecule has 0 saturated heterocycles. The van der Waals surface area contributed by atoms with Gasteiger partial charge in [0.2, 0.25) is 11.7 Å². The van der Waals surface area contributed by atoms with Gasteiger partial charge in [0.15, 0.2) is 0 Å². The normalized spacial score (nSPS) is 10.6. The Kier molecular flexibility index (Phi) is 4.19. The van der Waals surface area contributed by atoms with E-state index in [4.69, 9.17) is 9.15 Å². The third-order valence-electron chi connectivity index (χ3n) is 2.37. The maximum atomic E-state index is 11.6. The maximum absolute atomic E-state index is 11.6. The Labute approximate surface area is 117 Å². The first-order valence-corrected chi connectivity index (χ1v) is 7.15. The highest BCUT2D eigenvalue weighted by atomic mass is 79.9. The van der Waals surface area contributed by atoms with Crippen LogP contribution in [-0.2, 0) is 11.2 Å². The SMILES string of the molecule is CCCc1nc(-c2csc(Br)c2)oc1C(=O)OC. The number of thiophene rings is 1. The van der Waals surface area contributed by atoms with E-state index in [9.17, 15) is 4.79 Å². The molecule has 6 heteroatoms. The molecule has 0 aliphatic heterocycles. The molecule has 4 nitrogen and oxygen atoms in total. The zero-order chi connectivity index (χ0) is 13.1. The third kappa shape index (κ3) is 2.64. The molecule has 0 fully saturated rings. The van der Waals surface area contributed by atoms with E-state index in [0.717, 1.165) is 15.8 Å². The predicted octanol–water partition coefficient (Wildman–Crippen LogP) is 3.90. The Balaban J connectivity index is 2.41. The van der Waals surface area contributed by atoms with Gasteiger partial charge in [-0.25, -0.2) is 9.78 Å². The second kappa shape index (κ2) is 5.67. The van der Waals surface area contributed by atoms with Crippen LogP contribution in [0.1, 0.15) is 29.6 Å². The van der Waals surface area contributed by atoms with Crippen LogP contribution in [0.5, 0.6) is 0 Å². The molecule has 0 bridgehead atoms. The van der Waals surface area contributed by atoms with Gasteiger partial charge in [0, 0.05) is 10.9 Å². The van der Waals surface area contributed by atoms with Crippen LogP contribution in [0.3, 0.4) is 0 Å². The molecule has 0 saturated carbocycles. The summed E-state index contributed by atoms with van der Waals surface area (Å²) >= 11 is 4.93. The molecule has 2 heterocycles. The average Bonchev–Trinajstić information content (AvgIpc) is 2.95. The van der Waals surface area contributed by atoms with Gasteiger partial charge >= 0.3 is 5.97 Å². The van der Waals surface area contributed by atoms with E-state index >= 15 is 0 Å². The summed E-state index contributed by atoms with van der Waals surface area (Å²) in [5.74, 6) is 0.184. The van der Waals surface area contributed by atoms with Gasteiger partial charge in [0.05, 0.1) is 16.6 Å². The van der Waals surface area contributed by atoms with Crippen molar-refractivity contribution in [3.63, 3.8) is 0 Å². The molecule has 2 aromatic rings. The van der Waals surface area contributed by atoms with E-state index < -0.39 is 5.97 Å². The molecule has 96 valence electrons. The number of carbonyl (C=O) groups excluding carboxylic acids is 1. The lowest BCUT2D eigenvalue weighted by Crippen LogP contribution is -2.03. The van der Waals surface area contributed by atoms with Gasteiger partial charge in [-0.1, -0.05) is 13.3 Å². The van der Waals surface area contributed by atoms with Gasteiger partial charge in [0.25, 0.3) is 0 Å². The Hall–Kier alpha value is -1.14. The fourth-order valence-corrected chi connectivity index (χ4v) is 2.69. The number of methoxy groups -OCH3 is 1. The zero-order valence-electron chi connectivity index (χ0n) is 10.0. The number of halogens is 1. The minimum Gasteiger partial charge on any atom is -0.463 e. The number of oxazole rings is 1. The van der Waals surface area contributed by atoms with Crippen molar-refractivity contribution in [3.8, 4) is 11.5 Å². The second-order valence-corrected chi connectivity index (χ2v) is 5.97. The van der Waals surface area contributed by atoms with Gasteiger partial charge < -0.3 is 9.15 Å². The lowest BCUT2D eigenvalue weighted by Gasteiger charge is -1.96. The van der Waals surface area contributed by atoms with Crippen LogP contribution in [0.4, 0.5) is 0 Å². The number of aromatic nitrogens is 1. The maximum Gasteiger partial charge on any atom is 0.376 e. The number of ether oxygens (including phenoxy) is 1. The number of esters is 1. The Morgan fingerprint density at radius 2 is 2.39 bits per heavy atom. The molecule has 0 aromatic carbocycles. The summed E-state index contributed by atoms with van der Waals surface area (Å²) in [6.45, 7) is 2.02. The highest BCUT2D eigenvalue weighted by Gasteiger charge is 2.21. The standard InChI is InChI=1S/C12H12BrNO3S/c1-3-4-8-10(12(15)16-2)17-11(14-8)7-5-9(13)18-6-7/h5-6H,3-4H2,1-2H3. The number of hydrogen-bond acceptors (Lipinski definition) is 5. The summed E-state index contributed by atoms with van der Waals surface area (Å²) in [5.41, 5.74) is 1.51. The minimum absolute atomic E-state index is 0.205. The molecule has 18 heavy (non-hydrogen) atoms. The van der Waals surface area contributed by atoms with Crippen LogP contribution >= 0.6 is 27.3 Å².